The van der Waals surface area contributed by atoms with Crippen LogP contribution >= 0.6 is 0 Å². The van der Waals surface area contributed by atoms with E-state index in [4.69, 9.17) is 9.57 Å². The van der Waals surface area contributed by atoms with E-state index < -0.39 is 0 Å². The van der Waals surface area contributed by atoms with Crippen molar-refractivity contribution in [2.75, 3.05) is 20.7 Å². The predicted octanol–water partition coefficient (Wildman–Crippen LogP) is 2.42. The summed E-state index contributed by atoms with van der Waals surface area (Å²) < 4.78 is 5.51. The van der Waals surface area contributed by atoms with Crippen LogP contribution in [0.5, 0.6) is 5.75 Å². The van der Waals surface area contributed by atoms with Crippen LogP contribution in [0.1, 0.15) is 13.3 Å². The Hall–Kier alpha value is -1.81. The fraction of sp³-hybridized carbons (Fsp3) is 0.357. The summed E-state index contributed by atoms with van der Waals surface area (Å²) in [6.45, 7) is 2.27. The highest BCUT2D eigenvalue weighted by Gasteiger charge is 2.06. The van der Waals surface area contributed by atoms with Crippen LogP contribution < -0.4 is 4.74 Å². The zero-order valence-corrected chi connectivity index (χ0v) is 11.1. The second kappa shape index (κ2) is 7.50. The summed E-state index contributed by atoms with van der Waals surface area (Å²) in [6, 6.07) is 9.58. The minimum Gasteiger partial charge on any atom is -0.493 e. The molecule has 0 aliphatic heterocycles. The Kier molecular flexibility index (Phi) is 5.94. The molecule has 0 radical (unpaired) electrons. The van der Waals surface area contributed by atoms with Crippen molar-refractivity contribution in [3.05, 3.63) is 42.0 Å². The number of nitrogens with zero attached hydrogens (tertiary/aromatic N) is 1. The molecule has 0 N–H and O–H groups in total. The van der Waals surface area contributed by atoms with Gasteiger partial charge in [0.2, 0.25) is 0 Å². The Balaban J connectivity index is 2.30. The first-order valence-corrected chi connectivity index (χ1v) is 5.84. The third-order valence-corrected chi connectivity index (χ3v) is 2.17. The molecule has 0 fully saturated rings. The maximum Gasteiger partial charge on any atom is 0.352 e. The molecule has 0 spiro atoms. The smallest absolute Gasteiger partial charge is 0.352 e. The quantitative estimate of drug-likeness (QED) is 0.441. The van der Waals surface area contributed by atoms with Gasteiger partial charge in [-0.25, -0.2) is 4.79 Å². The first-order chi connectivity index (χ1) is 8.59. The van der Waals surface area contributed by atoms with Crippen molar-refractivity contribution in [1.29, 1.82) is 0 Å². The number of rotatable bonds is 6. The predicted molar refractivity (Wildman–Crippen MR) is 70.1 cm³/mol. The van der Waals surface area contributed by atoms with Gasteiger partial charge in [-0.05, 0) is 19.1 Å². The highest BCUT2D eigenvalue weighted by Crippen LogP contribution is 2.09. The number of hydroxylamine groups is 2. The topological polar surface area (TPSA) is 38.8 Å². The summed E-state index contributed by atoms with van der Waals surface area (Å²) in [5.74, 6) is 0.499. The summed E-state index contributed by atoms with van der Waals surface area (Å²) in [5, 5.41) is 1.38. The molecular weight excluding hydrogens is 230 g/mol. The van der Waals surface area contributed by atoms with Gasteiger partial charge in [0.25, 0.3) is 0 Å². The molecule has 1 rings (SSSR count). The second-order valence-corrected chi connectivity index (χ2v) is 4.03. The molecule has 4 heteroatoms. The van der Waals surface area contributed by atoms with Gasteiger partial charge in [0.05, 0.1) is 6.61 Å². The largest absolute Gasteiger partial charge is 0.493 e. The summed E-state index contributed by atoms with van der Waals surface area (Å²) in [5.41, 5.74) is 0.584. The maximum absolute atomic E-state index is 11.4. The van der Waals surface area contributed by atoms with E-state index in [2.05, 4.69) is 0 Å². The minimum atomic E-state index is -0.334. The zero-order chi connectivity index (χ0) is 13.4. The Morgan fingerprint density at radius 1 is 1.28 bits per heavy atom. The van der Waals surface area contributed by atoms with Gasteiger partial charge in [-0.3, -0.25) is 0 Å². The molecule has 98 valence electrons. The standard InChI is InChI=1S/C14H19NO3/c1-12(14(16)18-15(2)3)8-7-11-17-13-9-5-4-6-10-13/h4-6,8-10H,7,11H2,1-3H3. The second-order valence-electron chi connectivity index (χ2n) is 4.03. The van der Waals surface area contributed by atoms with Crippen LogP contribution in [0, 0.1) is 0 Å². The molecule has 0 atom stereocenters. The Bertz CT molecular complexity index is 399. The maximum atomic E-state index is 11.4. The van der Waals surface area contributed by atoms with E-state index in [0.29, 0.717) is 18.6 Å². The molecule has 1 aromatic rings. The van der Waals surface area contributed by atoms with E-state index in [1.54, 1.807) is 21.0 Å². The van der Waals surface area contributed by atoms with Crippen LogP contribution in [-0.4, -0.2) is 31.7 Å². The molecule has 0 amide bonds. The van der Waals surface area contributed by atoms with Gasteiger partial charge in [0, 0.05) is 26.1 Å². The summed E-state index contributed by atoms with van der Waals surface area (Å²) >= 11 is 0. The number of carbonyl (C=O) groups excluding carboxylic acids is 1. The van der Waals surface area contributed by atoms with Crippen LogP contribution in [0.25, 0.3) is 0 Å². The number of para-hydroxylation sites is 1. The van der Waals surface area contributed by atoms with E-state index in [1.807, 2.05) is 36.4 Å². The molecule has 0 aromatic heterocycles. The Morgan fingerprint density at radius 2 is 1.94 bits per heavy atom. The van der Waals surface area contributed by atoms with Gasteiger partial charge in [0.15, 0.2) is 0 Å². The number of ether oxygens (including phenoxy) is 1. The van der Waals surface area contributed by atoms with Crippen molar-refractivity contribution in [3.63, 3.8) is 0 Å². The Labute approximate surface area is 108 Å². The van der Waals surface area contributed by atoms with Crippen molar-refractivity contribution in [1.82, 2.24) is 5.06 Å². The highest BCUT2D eigenvalue weighted by molar-refractivity contribution is 5.87. The van der Waals surface area contributed by atoms with Gasteiger partial charge in [0.1, 0.15) is 5.75 Å². The molecule has 0 aliphatic carbocycles. The van der Waals surface area contributed by atoms with Crippen molar-refractivity contribution in [2.24, 2.45) is 0 Å². The summed E-state index contributed by atoms with van der Waals surface area (Å²) in [4.78, 5) is 16.4. The number of carbonyl (C=O) groups is 1. The van der Waals surface area contributed by atoms with E-state index in [0.717, 1.165) is 5.75 Å². The first-order valence-electron chi connectivity index (χ1n) is 5.84. The molecule has 18 heavy (non-hydrogen) atoms. The number of hydrogen-bond donors (Lipinski definition) is 0. The lowest BCUT2D eigenvalue weighted by Crippen LogP contribution is -2.19. The SMILES string of the molecule is CC(=CCCOc1ccccc1)C(=O)ON(C)C. The Morgan fingerprint density at radius 3 is 2.56 bits per heavy atom. The lowest BCUT2D eigenvalue weighted by atomic mass is 10.2. The summed E-state index contributed by atoms with van der Waals surface area (Å²) in [7, 11) is 3.34. The third-order valence-electron chi connectivity index (χ3n) is 2.17. The average Bonchev–Trinajstić information content (AvgIpc) is 2.34. The van der Waals surface area contributed by atoms with Crippen molar-refractivity contribution in [3.8, 4) is 5.75 Å². The fourth-order valence-corrected chi connectivity index (χ4v) is 1.29. The van der Waals surface area contributed by atoms with Crippen LogP contribution in [0.4, 0.5) is 0 Å². The molecule has 0 unspecified atom stereocenters. The van der Waals surface area contributed by atoms with E-state index in [1.165, 1.54) is 5.06 Å². The van der Waals surface area contributed by atoms with Crippen LogP contribution in [-0.2, 0) is 9.63 Å². The molecule has 0 saturated heterocycles. The van der Waals surface area contributed by atoms with Crippen molar-refractivity contribution < 1.29 is 14.4 Å². The monoisotopic (exact) mass is 249 g/mol. The van der Waals surface area contributed by atoms with Gasteiger partial charge in [-0.1, -0.05) is 24.3 Å². The third kappa shape index (κ3) is 5.50. The molecule has 0 aliphatic rings. The molecule has 0 heterocycles. The molecule has 0 saturated carbocycles. The first kappa shape index (κ1) is 14.3. The molecule has 0 bridgehead atoms. The van der Waals surface area contributed by atoms with Gasteiger partial charge < -0.3 is 9.57 Å². The summed E-state index contributed by atoms with van der Waals surface area (Å²) in [6.07, 6.45) is 2.48. The van der Waals surface area contributed by atoms with Crippen molar-refractivity contribution in [2.45, 2.75) is 13.3 Å². The van der Waals surface area contributed by atoms with E-state index in [9.17, 15) is 4.79 Å². The van der Waals surface area contributed by atoms with Gasteiger partial charge in [-0.2, -0.15) is 0 Å². The van der Waals surface area contributed by atoms with Crippen molar-refractivity contribution >= 4 is 5.97 Å². The average molecular weight is 249 g/mol. The minimum absolute atomic E-state index is 0.334. The van der Waals surface area contributed by atoms with Crippen LogP contribution in [0.3, 0.4) is 0 Å². The van der Waals surface area contributed by atoms with Crippen LogP contribution in [0.15, 0.2) is 42.0 Å². The number of hydrogen-bond acceptors (Lipinski definition) is 4. The normalized spacial score (nSPS) is 11.4. The van der Waals surface area contributed by atoms with Gasteiger partial charge in [-0.15, -0.1) is 5.06 Å². The van der Waals surface area contributed by atoms with Crippen LogP contribution in [0.2, 0.25) is 0 Å². The lowest BCUT2D eigenvalue weighted by molar-refractivity contribution is -0.172. The van der Waals surface area contributed by atoms with E-state index >= 15 is 0 Å². The highest BCUT2D eigenvalue weighted by atomic mass is 16.7. The van der Waals surface area contributed by atoms with Gasteiger partial charge >= 0.3 is 5.97 Å². The lowest BCUT2D eigenvalue weighted by Gasteiger charge is -2.10. The fourth-order valence-electron chi connectivity index (χ4n) is 1.29. The molecule has 4 nitrogen and oxygen atoms in total. The molecule has 1 aromatic carbocycles. The number of benzene rings is 1. The molecular formula is C14H19NO3. The zero-order valence-electron chi connectivity index (χ0n) is 11.1. The van der Waals surface area contributed by atoms with E-state index in [-0.39, 0.29) is 5.97 Å².